The molecular formula is C12H15BrN4OS. The zero-order chi connectivity index (χ0) is 13.8. The lowest BCUT2D eigenvalue weighted by molar-refractivity contribution is 0.411. The summed E-state index contributed by atoms with van der Waals surface area (Å²) in [7, 11) is 1.68. The Morgan fingerprint density at radius 1 is 1.42 bits per heavy atom. The summed E-state index contributed by atoms with van der Waals surface area (Å²) >= 11 is 5.07. The van der Waals surface area contributed by atoms with Crippen molar-refractivity contribution in [2.24, 2.45) is 0 Å². The van der Waals surface area contributed by atoms with Crippen molar-refractivity contribution in [3.63, 3.8) is 0 Å². The highest BCUT2D eigenvalue weighted by molar-refractivity contribution is 9.10. The van der Waals surface area contributed by atoms with Gasteiger partial charge in [-0.25, -0.2) is 4.68 Å². The van der Waals surface area contributed by atoms with Gasteiger partial charge in [0.05, 0.1) is 13.2 Å². The van der Waals surface area contributed by atoms with Crippen molar-refractivity contribution in [2.75, 3.05) is 7.11 Å². The summed E-state index contributed by atoms with van der Waals surface area (Å²) in [6, 6.07) is 6.22. The van der Waals surface area contributed by atoms with Crippen molar-refractivity contribution in [3.8, 4) is 5.75 Å². The second-order valence-corrected chi connectivity index (χ2v) is 6.10. The van der Waals surface area contributed by atoms with Crippen molar-refractivity contribution in [2.45, 2.75) is 30.8 Å². The minimum atomic E-state index is 0.252. The molecule has 0 unspecified atom stereocenters. The fraction of sp³-hybridized carbons (Fsp3) is 0.417. The van der Waals surface area contributed by atoms with Gasteiger partial charge in [0.1, 0.15) is 5.75 Å². The van der Waals surface area contributed by atoms with Crippen LogP contribution in [0.1, 0.15) is 25.5 Å². The van der Waals surface area contributed by atoms with Crippen LogP contribution < -0.4 is 4.74 Å². The van der Waals surface area contributed by atoms with Crippen molar-refractivity contribution in [1.82, 2.24) is 20.2 Å². The van der Waals surface area contributed by atoms with Gasteiger partial charge in [-0.3, -0.25) is 0 Å². The van der Waals surface area contributed by atoms with Crippen molar-refractivity contribution in [3.05, 3.63) is 28.2 Å². The summed E-state index contributed by atoms with van der Waals surface area (Å²) in [4.78, 5) is 0. The van der Waals surface area contributed by atoms with E-state index in [-0.39, 0.29) is 6.04 Å². The van der Waals surface area contributed by atoms with E-state index in [1.54, 1.807) is 18.9 Å². The van der Waals surface area contributed by atoms with Crippen LogP contribution in [0.25, 0.3) is 0 Å². The Morgan fingerprint density at radius 3 is 2.89 bits per heavy atom. The smallest absolute Gasteiger partial charge is 0.209 e. The molecule has 1 heterocycles. The minimum Gasteiger partial charge on any atom is -0.496 e. The largest absolute Gasteiger partial charge is 0.496 e. The first-order valence-electron chi connectivity index (χ1n) is 5.85. The second-order valence-electron chi connectivity index (χ2n) is 4.24. The normalized spacial score (nSPS) is 11.0. The number of tetrazole rings is 1. The molecule has 1 aromatic carbocycles. The molecule has 0 spiro atoms. The topological polar surface area (TPSA) is 52.8 Å². The molecule has 2 rings (SSSR count). The highest BCUT2D eigenvalue weighted by Gasteiger charge is 2.11. The molecule has 0 saturated carbocycles. The quantitative estimate of drug-likeness (QED) is 0.780. The van der Waals surface area contributed by atoms with Crippen LogP contribution in [0.3, 0.4) is 0 Å². The van der Waals surface area contributed by atoms with Gasteiger partial charge in [0.25, 0.3) is 0 Å². The van der Waals surface area contributed by atoms with Crippen LogP contribution in [-0.4, -0.2) is 27.3 Å². The first-order valence-corrected chi connectivity index (χ1v) is 7.62. The lowest BCUT2D eigenvalue weighted by atomic mass is 10.2. The number of hydrogen-bond donors (Lipinski definition) is 0. The van der Waals surface area contributed by atoms with Crippen molar-refractivity contribution in [1.29, 1.82) is 0 Å². The van der Waals surface area contributed by atoms with Crippen LogP contribution in [0.4, 0.5) is 0 Å². The average molecular weight is 343 g/mol. The third-order valence-electron chi connectivity index (χ3n) is 2.55. The molecule has 0 bridgehead atoms. The Balaban J connectivity index is 2.14. The predicted octanol–water partition coefficient (Wildman–Crippen LogP) is 3.32. The van der Waals surface area contributed by atoms with Gasteiger partial charge in [-0.05, 0) is 42.5 Å². The zero-order valence-electron chi connectivity index (χ0n) is 11.0. The molecule has 0 amide bonds. The third kappa shape index (κ3) is 3.48. The highest BCUT2D eigenvalue weighted by atomic mass is 79.9. The van der Waals surface area contributed by atoms with Gasteiger partial charge in [0, 0.05) is 15.8 Å². The molecular weight excluding hydrogens is 328 g/mol. The molecule has 0 radical (unpaired) electrons. The van der Waals surface area contributed by atoms with Crippen molar-refractivity contribution < 1.29 is 4.74 Å². The minimum absolute atomic E-state index is 0.252. The monoisotopic (exact) mass is 342 g/mol. The summed E-state index contributed by atoms with van der Waals surface area (Å²) < 4.78 is 8.20. The average Bonchev–Trinajstić information content (AvgIpc) is 2.85. The van der Waals surface area contributed by atoms with E-state index in [2.05, 4.69) is 51.4 Å². The molecule has 102 valence electrons. The number of ether oxygens (including phenoxy) is 1. The molecule has 0 aliphatic carbocycles. The summed E-state index contributed by atoms with van der Waals surface area (Å²) in [5.74, 6) is 1.63. The molecule has 0 fully saturated rings. The molecule has 0 atom stereocenters. The number of aromatic nitrogens is 4. The van der Waals surface area contributed by atoms with Crippen LogP contribution in [-0.2, 0) is 5.75 Å². The number of hydrogen-bond acceptors (Lipinski definition) is 5. The number of methoxy groups -OCH3 is 1. The van der Waals surface area contributed by atoms with E-state index < -0.39 is 0 Å². The fourth-order valence-corrected chi connectivity index (χ4v) is 3.00. The Bertz CT molecular complexity index is 558. The Labute approximate surface area is 124 Å². The van der Waals surface area contributed by atoms with E-state index in [0.29, 0.717) is 0 Å². The van der Waals surface area contributed by atoms with Gasteiger partial charge in [-0.2, -0.15) is 0 Å². The number of rotatable bonds is 5. The molecule has 5 nitrogen and oxygen atoms in total. The summed E-state index contributed by atoms with van der Waals surface area (Å²) in [6.45, 7) is 4.11. The summed E-state index contributed by atoms with van der Waals surface area (Å²) in [6.07, 6.45) is 0. The molecule has 7 heteroatoms. The number of thioether (sulfide) groups is 1. The first-order chi connectivity index (χ1) is 9.11. The maximum absolute atomic E-state index is 5.36. The fourth-order valence-electron chi connectivity index (χ4n) is 1.61. The van der Waals surface area contributed by atoms with Crippen LogP contribution >= 0.6 is 27.7 Å². The lowest BCUT2D eigenvalue weighted by Gasteiger charge is -2.10. The number of nitrogens with zero attached hydrogens (tertiary/aromatic N) is 4. The highest BCUT2D eigenvalue weighted by Crippen LogP contribution is 2.29. The van der Waals surface area contributed by atoms with Gasteiger partial charge in [-0.1, -0.05) is 27.7 Å². The van der Waals surface area contributed by atoms with Gasteiger partial charge >= 0.3 is 0 Å². The Hall–Kier alpha value is -1.08. The maximum Gasteiger partial charge on any atom is 0.209 e. The molecule has 0 aliphatic rings. The van der Waals surface area contributed by atoms with Crippen LogP contribution in [0.2, 0.25) is 0 Å². The van der Waals surface area contributed by atoms with E-state index in [9.17, 15) is 0 Å². The third-order valence-corrected chi connectivity index (χ3v) is 4.03. The van der Waals surface area contributed by atoms with Gasteiger partial charge < -0.3 is 4.74 Å². The van der Waals surface area contributed by atoms with Crippen LogP contribution in [0.5, 0.6) is 5.75 Å². The van der Waals surface area contributed by atoms with Gasteiger partial charge in [-0.15, -0.1) is 5.10 Å². The Morgan fingerprint density at radius 2 is 2.21 bits per heavy atom. The van der Waals surface area contributed by atoms with Crippen LogP contribution in [0.15, 0.2) is 27.8 Å². The van der Waals surface area contributed by atoms with Gasteiger partial charge in [0.15, 0.2) is 0 Å². The molecule has 0 saturated heterocycles. The van der Waals surface area contributed by atoms with Crippen LogP contribution in [0, 0.1) is 0 Å². The summed E-state index contributed by atoms with van der Waals surface area (Å²) in [5.41, 5.74) is 1.11. The van der Waals surface area contributed by atoms with E-state index >= 15 is 0 Å². The van der Waals surface area contributed by atoms with E-state index in [1.807, 2.05) is 16.8 Å². The first kappa shape index (κ1) is 14.3. The maximum atomic E-state index is 5.36. The molecule has 19 heavy (non-hydrogen) atoms. The predicted molar refractivity (Wildman–Crippen MR) is 78.5 cm³/mol. The van der Waals surface area contributed by atoms with Crippen molar-refractivity contribution >= 4 is 27.7 Å². The number of benzene rings is 1. The molecule has 0 N–H and O–H groups in total. The van der Waals surface area contributed by atoms with E-state index in [1.165, 1.54) is 0 Å². The standard InChI is InChI=1S/C12H15BrN4OS/c1-8(2)17-12(14-15-16-17)19-7-9-6-10(13)4-5-11(9)18-3/h4-6,8H,7H2,1-3H3. The summed E-state index contributed by atoms with van der Waals surface area (Å²) in [5, 5.41) is 12.6. The van der Waals surface area contributed by atoms with E-state index in [0.717, 1.165) is 26.7 Å². The zero-order valence-corrected chi connectivity index (χ0v) is 13.4. The molecule has 2 aromatic rings. The molecule has 0 aliphatic heterocycles. The second kappa shape index (κ2) is 6.38. The van der Waals surface area contributed by atoms with E-state index in [4.69, 9.17) is 4.74 Å². The SMILES string of the molecule is COc1ccc(Br)cc1CSc1nnnn1C(C)C. The Kier molecular flexibility index (Phi) is 4.81. The lowest BCUT2D eigenvalue weighted by Crippen LogP contribution is -2.04. The molecule has 1 aromatic heterocycles. The number of halogens is 1. The van der Waals surface area contributed by atoms with Gasteiger partial charge in [0.2, 0.25) is 5.16 Å².